The van der Waals surface area contributed by atoms with Crippen molar-refractivity contribution in [1.29, 1.82) is 0 Å². The lowest BCUT2D eigenvalue weighted by atomic mass is 10.3. The number of carbonyl (C=O) groups is 1. The van der Waals surface area contributed by atoms with Crippen LogP contribution >= 0.6 is 23.2 Å². The molecule has 0 aliphatic rings. The Morgan fingerprint density at radius 1 is 1.36 bits per heavy atom. The predicted octanol–water partition coefficient (Wildman–Crippen LogP) is 3.42. The van der Waals surface area contributed by atoms with E-state index in [0.29, 0.717) is 15.7 Å². The van der Waals surface area contributed by atoms with Gasteiger partial charge in [0.1, 0.15) is 0 Å². The van der Waals surface area contributed by atoms with Crippen molar-refractivity contribution in [3.8, 4) is 0 Å². The molecule has 0 heterocycles. The molecule has 1 rings (SSSR count). The van der Waals surface area contributed by atoms with Crippen LogP contribution in [0.4, 0.5) is 5.69 Å². The maximum absolute atomic E-state index is 11.2. The molecule has 4 heteroatoms. The first-order valence-corrected chi connectivity index (χ1v) is 4.74. The van der Waals surface area contributed by atoms with E-state index < -0.39 is 0 Å². The molecule has 2 nitrogen and oxygen atoms in total. The molecule has 14 heavy (non-hydrogen) atoms. The predicted molar refractivity (Wildman–Crippen MR) is 59.7 cm³/mol. The lowest BCUT2D eigenvalue weighted by Crippen LogP contribution is -2.07. The molecule has 0 bridgehead atoms. The molecule has 0 fully saturated rings. The average Bonchev–Trinajstić information content (AvgIpc) is 2.07. The van der Waals surface area contributed by atoms with Crippen molar-refractivity contribution in [3.05, 3.63) is 40.4 Å². The number of hydrogen-bond acceptors (Lipinski definition) is 1. The summed E-state index contributed by atoms with van der Waals surface area (Å²) in [6.45, 7) is 1.64. The van der Waals surface area contributed by atoms with Gasteiger partial charge in [-0.05, 0) is 31.2 Å². The molecule has 0 unspecified atom stereocenters. The molecule has 0 aromatic heterocycles. The number of benzene rings is 1. The quantitative estimate of drug-likeness (QED) is 0.775. The minimum Gasteiger partial charge on any atom is -0.322 e. The lowest BCUT2D eigenvalue weighted by molar-refractivity contribution is -0.111. The van der Waals surface area contributed by atoms with Gasteiger partial charge in [-0.1, -0.05) is 23.2 Å². The Morgan fingerprint density at radius 2 is 1.93 bits per heavy atom. The summed E-state index contributed by atoms with van der Waals surface area (Å²) in [6.07, 6.45) is 1.32. The third-order valence-electron chi connectivity index (χ3n) is 1.44. The molecule has 0 saturated heterocycles. The molecule has 0 saturated carbocycles. The van der Waals surface area contributed by atoms with Crippen LogP contribution in [0, 0.1) is 0 Å². The van der Waals surface area contributed by atoms with Gasteiger partial charge in [0.15, 0.2) is 0 Å². The van der Waals surface area contributed by atoms with Gasteiger partial charge in [-0.3, -0.25) is 4.79 Å². The number of anilines is 1. The van der Waals surface area contributed by atoms with E-state index in [2.05, 4.69) is 5.32 Å². The van der Waals surface area contributed by atoms with E-state index in [1.54, 1.807) is 31.2 Å². The van der Waals surface area contributed by atoms with Crippen molar-refractivity contribution in [3.63, 3.8) is 0 Å². The first-order chi connectivity index (χ1) is 6.58. The van der Waals surface area contributed by atoms with Crippen molar-refractivity contribution in [2.45, 2.75) is 6.92 Å². The monoisotopic (exact) mass is 229 g/mol. The van der Waals surface area contributed by atoms with Gasteiger partial charge < -0.3 is 5.32 Å². The number of hydrogen-bond donors (Lipinski definition) is 1. The second kappa shape index (κ2) is 5.03. The number of rotatable bonds is 2. The zero-order valence-corrected chi connectivity index (χ0v) is 9.06. The summed E-state index contributed by atoms with van der Waals surface area (Å²) in [5.41, 5.74) is 0.688. The zero-order chi connectivity index (χ0) is 10.6. The average molecular weight is 230 g/mol. The maximum atomic E-state index is 11.2. The Hall–Kier alpha value is -0.990. The third kappa shape index (κ3) is 3.81. The van der Waals surface area contributed by atoms with Crippen molar-refractivity contribution >= 4 is 34.8 Å². The minimum absolute atomic E-state index is 0.250. The summed E-state index contributed by atoms with van der Waals surface area (Å²) in [5, 5.41) is 3.71. The molecular weight excluding hydrogens is 221 g/mol. The lowest BCUT2D eigenvalue weighted by Gasteiger charge is -2.01. The number of allylic oxidation sites excluding steroid dienone is 1. The molecule has 1 aromatic rings. The van der Waals surface area contributed by atoms with Crippen molar-refractivity contribution in [2.75, 3.05) is 5.32 Å². The van der Waals surface area contributed by atoms with E-state index in [4.69, 9.17) is 23.2 Å². The topological polar surface area (TPSA) is 29.1 Å². The number of halogens is 2. The van der Waals surface area contributed by atoms with Crippen LogP contribution in [0.2, 0.25) is 5.02 Å². The van der Waals surface area contributed by atoms with Gasteiger partial charge in [0, 0.05) is 21.8 Å². The van der Waals surface area contributed by atoms with Gasteiger partial charge in [-0.15, -0.1) is 0 Å². The first kappa shape index (κ1) is 11.1. The van der Waals surface area contributed by atoms with Crippen LogP contribution in [0.25, 0.3) is 0 Å². The molecule has 1 aromatic carbocycles. The Morgan fingerprint density at radius 3 is 2.43 bits per heavy atom. The van der Waals surface area contributed by atoms with Crippen LogP contribution < -0.4 is 5.32 Å². The summed E-state index contributed by atoms with van der Waals surface area (Å²) in [4.78, 5) is 11.2. The Bertz CT molecular complexity index is 353. The second-order valence-electron chi connectivity index (χ2n) is 2.73. The van der Waals surface area contributed by atoms with E-state index >= 15 is 0 Å². The summed E-state index contributed by atoms with van der Waals surface area (Å²) in [7, 11) is 0. The molecule has 0 radical (unpaired) electrons. The molecule has 1 N–H and O–H groups in total. The molecular formula is C10H9Cl2NO. The second-order valence-corrected chi connectivity index (χ2v) is 3.76. The molecule has 0 aliphatic carbocycles. The summed E-state index contributed by atoms with van der Waals surface area (Å²) < 4.78 is 0. The molecule has 0 spiro atoms. The number of amides is 1. The van der Waals surface area contributed by atoms with Gasteiger partial charge in [0.2, 0.25) is 5.91 Å². The molecule has 0 aliphatic heterocycles. The number of carbonyl (C=O) groups excluding carboxylic acids is 1. The Kier molecular flexibility index (Phi) is 3.98. The highest BCUT2D eigenvalue weighted by Crippen LogP contribution is 2.13. The van der Waals surface area contributed by atoms with Gasteiger partial charge >= 0.3 is 0 Å². The fourth-order valence-corrected chi connectivity index (χ4v) is 1.12. The van der Waals surface area contributed by atoms with Crippen molar-refractivity contribution in [2.24, 2.45) is 0 Å². The smallest absolute Gasteiger partial charge is 0.249 e. The Labute approximate surface area is 92.5 Å². The van der Waals surface area contributed by atoms with Crippen LogP contribution in [0.5, 0.6) is 0 Å². The zero-order valence-electron chi connectivity index (χ0n) is 7.55. The van der Waals surface area contributed by atoms with E-state index in [-0.39, 0.29) is 5.91 Å². The highest BCUT2D eigenvalue weighted by molar-refractivity contribution is 6.31. The first-order valence-electron chi connectivity index (χ1n) is 3.98. The molecule has 74 valence electrons. The fraction of sp³-hybridized carbons (Fsp3) is 0.100. The Balaban J connectivity index is 2.66. The summed E-state index contributed by atoms with van der Waals surface area (Å²) >= 11 is 11.2. The van der Waals surface area contributed by atoms with Crippen LogP contribution in [0.15, 0.2) is 35.4 Å². The number of nitrogens with one attached hydrogen (secondary N) is 1. The van der Waals surface area contributed by atoms with Gasteiger partial charge in [-0.25, -0.2) is 0 Å². The van der Waals surface area contributed by atoms with E-state index in [0.717, 1.165) is 0 Å². The van der Waals surface area contributed by atoms with Crippen LogP contribution in [-0.2, 0) is 4.79 Å². The van der Waals surface area contributed by atoms with Crippen molar-refractivity contribution < 1.29 is 4.79 Å². The normalized spacial score (nSPS) is 11.2. The maximum Gasteiger partial charge on any atom is 0.249 e. The molecule has 1 amide bonds. The van der Waals surface area contributed by atoms with Crippen LogP contribution in [0.1, 0.15) is 6.92 Å². The standard InChI is InChI=1S/C10H9Cl2NO/c1-7(11)6-10(14)13-9-4-2-8(12)3-5-9/h2-6H,1H3,(H,13,14)/b7-6+. The largest absolute Gasteiger partial charge is 0.322 e. The van der Waals surface area contributed by atoms with Gasteiger partial charge in [0.05, 0.1) is 0 Å². The van der Waals surface area contributed by atoms with Crippen LogP contribution in [0.3, 0.4) is 0 Å². The highest BCUT2D eigenvalue weighted by atomic mass is 35.5. The summed E-state index contributed by atoms with van der Waals surface area (Å²) in [5.74, 6) is -0.250. The highest BCUT2D eigenvalue weighted by Gasteiger charge is 1.98. The SMILES string of the molecule is C/C(Cl)=C\C(=O)Nc1ccc(Cl)cc1. The van der Waals surface area contributed by atoms with E-state index in [1.165, 1.54) is 6.08 Å². The van der Waals surface area contributed by atoms with Gasteiger partial charge in [-0.2, -0.15) is 0 Å². The minimum atomic E-state index is -0.250. The van der Waals surface area contributed by atoms with E-state index in [1.807, 2.05) is 0 Å². The van der Waals surface area contributed by atoms with E-state index in [9.17, 15) is 4.79 Å². The van der Waals surface area contributed by atoms with Crippen LogP contribution in [-0.4, -0.2) is 5.91 Å². The fourth-order valence-electron chi connectivity index (χ4n) is 0.892. The van der Waals surface area contributed by atoms with Gasteiger partial charge in [0.25, 0.3) is 0 Å². The molecule has 0 atom stereocenters. The van der Waals surface area contributed by atoms with Crippen molar-refractivity contribution in [1.82, 2.24) is 0 Å². The summed E-state index contributed by atoms with van der Waals surface area (Å²) in [6, 6.07) is 6.85. The third-order valence-corrected chi connectivity index (χ3v) is 1.80.